The first-order valence-corrected chi connectivity index (χ1v) is 8.48. The number of hydrogen-bond donors (Lipinski definition) is 2. The van der Waals surface area contributed by atoms with Crippen molar-refractivity contribution in [3.8, 4) is 0 Å². The van der Waals surface area contributed by atoms with Crippen LogP contribution in [0, 0.1) is 0 Å². The normalized spacial score (nSPS) is 18.9. The van der Waals surface area contributed by atoms with Crippen molar-refractivity contribution in [1.29, 1.82) is 0 Å². The molecule has 0 saturated heterocycles. The van der Waals surface area contributed by atoms with E-state index in [4.69, 9.17) is 9.84 Å². The molecule has 0 aliphatic heterocycles. The Morgan fingerprint density at radius 3 is 2.35 bits per heavy atom. The molecule has 1 fully saturated rings. The van der Waals surface area contributed by atoms with Crippen molar-refractivity contribution < 1.29 is 27.9 Å². The second-order valence-electron chi connectivity index (χ2n) is 5.29. The highest BCUT2D eigenvalue weighted by Crippen LogP contribution is 2.37. The van der Waals surface area contributed by atoms with Gasteiger partial charge in [-0.3, -0.25) is 4.79 Å². The van der Waals surface area contributed by atoms with Gasteiger partial charge in [-0.15, -0.1) is 0 Å². The summed E-state index contributed by atoms with van der Waals surface area (Å²) in [5.74, 6) is -1.94. The zero-order chi connectivity index (χ0) is 15.4. The first kappa shape index (κ1) is 16.9. The van der Waals surface area contributed by atoms with Crippen molar-refractivity contribution in [2.45, 2.75) is 43.7 Å². The van der Waals surface area contributed by atoms with E-state index < -0.39 is 33.4 Å². The van der Waals surface area contributed by atoms with Gasteiger partial charge < -0.3 is 15.2 Å². The standard InChI is InChI=1S/C12H21NO6S/c1-19-12(5-3-6-12)8-10(14)13-9(11(15)16)4-7-20(2,17)18/h9H,3-8H2,1-2H3,(H,13,14)(H,15,16). The smallest absolute Gasteiger partial charge is 0.326 e. The number of nitrogens with one attached hydrogen (secondary N) is 1. The minimum atomic E-state index is -3.26. The molecule has 0 heterocycles. The van der Waals surface area contributed by atoms with E-state index in [9.17, 15) is 18.0 Å². The van der Waals surface area contributed by atoms with E-state index in [1.165, 1.54) is 7.11 Å². The Hall–Kier alpha value is -1.15. The highest BCUT2D eigenvalue weighted by atomic mass is 32.2. The Morgan fingerprint density at radius 1 is 1.40 bits per heavy atom. The Morgan fingerprint density at radius 2 is 2.00 bits per heavy atom. The number of hydrogen-bond acceptors (Lipinski definition) is 5. The summed E-state index contributed by atoms with van der Waals surface area (Å²) < 4.78 is 27.4. The fraction of sp³-hybridized carbons (Fsp3) is 0.833. The maximum atomic E-state index is 11.8. The molecule has 7 nitrogen and oxygen atoms in total. The van der Waals surface area contributed by atoms with Gasteiger partial charge in [0, 0.05) is 13.4 Å². The minimum Gasteiger partial charge on any atom is -0.480 e. The van der Waals surface area contributed by atoms with Crippen LogP contribution in [0.15, 0.2) is 0 Å². The van der Waals surface area contributed by atoms with Gasteiger partial charge in [0.05, 0.1) is 17.8 Å². The van der Waals surface area contributed by atoms with Crippen LogP contribution >= 0.6 is 0 Å². The van der Waals surface area contributed by atoms with Crippen LogP contribution in [0.4, 0.5) is 0 Å². The number of aliphatic carboxylic acids is 1. The lowest BCUT2D eigenvalue weighted by Gasteiger charge is -2.40. The number of carbonyl (C=O) groups is 2. The fourth-order valence-corrected chi connectivity index (χ4v) is 2.82. The predicted molar refractivity (Wildman–Crippen MR) is 72.1 cm³/mol. The third kappa shape index (κ3) is 5.09. The fourth-order valence-electron chi connectivity index (χ4n) is 2.15. The van der Waals surface area contributed by atoms with Crippen LogP contribution in [0.2, 0.25) is 0 Å². The van der Waals surface area contributed by atoms with E-state index in [1.54, 1.807) is 0 Å². The number of rotatable bonds is 8. The zero-order valence-corrected chi connectivity index (χ0v) is 12.5. The largest absolute Gasteiger partial charge is 0.480 e. The van der Waals surface area contributed by atoms with E-state index >= 15 is 0 Å². The summed E-state index contributed by atoms with van der Waals surface area (Å²) in [5, 5.41) is 11.4. The number of methoxy groups -OCH3 is 1. The second kappa shape index (κ2) is 6.53. The van der Waals surface area contributed by atoms with Gasteiger partial charge in [-0.1, -0.05) is 0 Å². The number of carbonyl (C=O) groups excluding carboxylic acids is 1. The number of carboxylic acids is 1. The Balaban J connectivity index is 2.53. The molecule has 1 aliphatic rings. The highest BCUT2D eigenvalue weighted by Gasteiger charge is 2.39. The quantitative estimate of drug-likeness (QED) is 0.650. The monoisotopic (exact) mass is 307 g/mol. The van der Waals surface area contributed by atoms with Crippen LogP contribution in [-0.4, -0.2) is 56.2 Å². The molecule has 116 valence electrons. The second-order valence-corrected chi connectivity index (χ2v) is 7.55. The van der Waals surface area contributed by atoms with E-state index in [1.807, 2.05) is 0 Å². The average Bonchev–Trinajstić information content (AvgIpc) is 2.27. The van der Waals surface area contributed by atoms with E-state index in [0.29, 0.717) is 0 Å². The van der Waals surface area contributed by atoms with Gasteiger partial charge in [-0.25, -0.2) is 13.2 Å². The first-order chi connectivity index (χ1) is 9.17. The average molecular weight is 307 g/mol. The third-order valence-electron chi connectivity index (χ3n) is 3.59. The highest BCUT2D eigenvalue weighted by molar-refractivity contribution is 7.90. The molecule has 1 saturated carbocycles. The molecule has 1 unspecified atom stereocenters. The Labute approximate surface area is 118 Å². The number of carboxylic acid groups (broad SMARTS) is 1. The molecule has 1 atom stereocenters. The molecule has 1 aliphatic carbocycles. The molecule has 0 aromatic carbocycles. The first-order valence-electron chi connectivity index (χ1n) is 6.42. The molecule has 0 bridgehead atoms. The van der Waals surface area contributed by atoms with Gasteiger partial charge in [-0.2, -0.15) is 0 Å². The molecule has 1 amide bonds. The van der Waals surface area contributed by atoms with Gasteiger partial charge in [0.1, 0.15) is 15.9 Å². The molecule has 0 spiro atoms. The molecule has 2 N–H and O–H groups in total. The van der Waals surface area contributed by atoms with Crippen LogP contribution in [0.3, 0.4) is 0 Å². The summed E-state index contributed by atoms with van der Waals surface area (Å²) in [7, 11) is -1.73. The molecule has 8 heteroatoms. The van der Waals surface area contributed by atoms with Crippen LogP contribution in [0.25, 0.3) is 0 Å². The van der Waals surface area contributed by atoms with Gasteiger partial charge in [-0.05, 0) is 25.7 Å². The molecule has 0 aromatic rings. The van der Waals surface area contributed by atoms with Crippen molar-refractivity contribution in [1.82, 2.24) is 5.32 Å². The Kier molecular flexibility index (Phi) is 5.52. The number of ether oxygens (including phenoxy) is 1. The lowest BCUT2D eigenvalue weighted by atomic mass is 9.77. The number of amides is 1. The van der Waals surface area contributed by atoms with Gasteiger partial charge in [0.2, 0.25) is 5.91 Å². The maximum absolute atomic E-state index is 11.8. The lowest BCUT2D eigenvalue weighted by molar-refractivity contribution is -0.144. The van der Waals surface area contributed by atoms with Gasteiger partial charge in [0.15, 0.2) is 0 Å². The minimum absolute atomic E-state index is 0.103. The summed E-state index contributed by atoms with van der Waals surface area (Å²) in [4.78, 5) is 22.9. The van der Waals surface area contributed by atoms with E-state index in [2.05, 4.69) is 5.32 Å². The van der Waals surface area contributed by atoms with Crippen LogP contribution in [0.5, 0.6) is 0 Å². The van der Waals surface area contributed by atoms with Crippen LogP contribution < -0.4 is 5.32 Å². The van der Waals surface area contributed by atoms with Gasteiger partial charge >= 0.3 is 5.97 Å². The molecule has 20 heavy (non-hydrogen) atoms. The van der Waals surface area contributed by atoms with Crippen LogP contribution in [-0.2, 0) is 24.2 Å². The van der Waals surface area contributed by atoms with E-state index in [0.717, 1.165) is 25.5 Å². The third-order valence-corrected chi connectivity index (χ3v) is 4.57. The topological polar surface area (TPSA) is 110 Å². The van der Waals surface area contributed by atoms with Crippen LogP contribution in [0.1, 0.15) is 32.1 Å². The summed E-state index contributed by atoms with van der Waals surface area (Å²) >= 11 is 0. The molecule has 0 aromatic heterocycles. The SMILES string of the molecule is COC1(CC(=O)NC(CCS(C)(=O)=O)C(=O)O)CCC1. The predicted octanol–water partition coefficient (Wildman–Crippen LogP) is -0.0503. The van der Waals surface area contributed by atoms with Crippen molar-refractivity contribution in [3.63, 3.8) is 0 Å². The van der Waals surface area contributed by atoms with Crippen molar-refractivity contribution in [3.05, 3.63) is 0 Å². The molecular weight excluding hydrogens is 286 g/mol. The summed E-state index contributed by atoms with van der Waals surface area (Å²) in [6.45, 7) is 0. The molecule has 1 rings (SSSR count). The zero-order valence-electron chi connectivity index (χ0n) is 11.7. The number of sulfone groups is 1. The molecule has 0 radical (unpaired) electrons. The van der Waals surface area contributed by atoms with Crippen molar-refractivity contribution in [2.75, 3.05) is 19.1 Å². The maximum Gasteiger partial charge on any atom is 0.326 e. The lowest BCUT2D eigenvalue weighted by Crippen LogP contribution is -2.48. The van der Waals surface area contributed by atoms with Crippen molar-refractivity contribution >= 4 is 21.7 Å². The summed E-state index contributed by atoms with van der Waals surface area (Å²) in [6, 6.07) is -1.19. The summed E-state index contributed by atoms with van der Waals surface area (Å²) in [5.41, 5.74) is -0.482. The summed E-state index contributed by atoms with van der Waals surface area (Å²) in [6.07, 6.45) is 3.53. The van der Waals surface area contributed by atoms with Crippen molar-refractivity contribution in [2.24, 2.45) is 0 Å². The Bertz CT molecular complexity index is 463. The molecular formula is C12H21NO6S. The van der Waals surface area contributed by atoms with E-state index in [-0.39, 0.29) is 18.6 Å². The van der Waals surface area contributed by atoms with Gasteiger partial charge in [0.25, 0.3) is 0 Å².